The van der Waals surface area contributed by atoms with Crippen LogP contribution in [0.15, 0.2) is 42.5 Å². The predicted molar refractivity (Wildman–Crippen MR) is 76.7 cm³/mol. The smallest absolute Gasteiger partial charge is 0.0358 e. The van der Waals surface area contributed by atoms with Gasteiger partial charge in [-0.05, 0) is 41.3 Å². The molecule has 1 heterocycles. The molecule has 1 aliphatic rings. The quantitative estimate of drug-likeness (QED) is 0.514. The summed E-state index contributed by atoms with van der Waals surface area (Å²) in [6.45, 7) is 0. The molecule has 0 unspecified atom stereocenters. The van der Waals surface area contributed by atoms with Gasteiger partial charge in [-0.3, -0.25) is 0 Å². The second kappa shape index (κ2) is 3.44. The fourth-order valence-electron chi connectivity index (χ4n) is 2.75. The molecule has 1 aliphatic carbocycles. The van der Waals surface area contributed by atoms with Gasteiger partial charge in [-0.15, -0.1) is 11.3 Å². The Hall–Kier alpha value is -1.60. The van der Waals surface area contributed by atoms with Crippen LogP contribution in [0.25, 0.3) is 26.9 Å². The van der Waals surface area contributed by atoms with E-state index >= 15 is 0 Å². The van der Waals surface area contributed by atoms with E-state index < -0.39 is 0 Å². The lowest BCUT2D eigenvalue weighted by molar-refractivity contribution is 1.01. The van der Waals surface area contributed by atoms with Crippen LogP contribution in [0.2, 0.25) is 0 Å². The lowest BCUT2D eigenvalue weighted by Crippen LogP contribution is -1.89. The highest BCUT2D eigenvalue weighted by Crippen LogP contribution is 2.39. The molecule has 0 atom stereocenters. The third-order valence-electron chi connectivity index (χ3n) is 3.54. The Balaban J connectivity index is 2.25. The van der Waals surface area contributed by atoms with E-state index in [0.717, 1.165) is 0 Å². The molecule has 0 nitrogen and oxygen atoms in total. The van der Waals surface area contributed by atoms with Crippen molar-refractivity contribution < 1.29 is 0 Å². The summed E-state index contributed by atoms with van der Waals surface area (Å²) in [5.41, 5.74) is 1.56. The van der Waals surface area contributed by atoms with Crippen LogP contribution in [0, 0.1) is 0 Å². The minimum atomic E-state index is 1.18. The van der Waals surface area contributed by atoms with Gasteiger partial charge in [0.25, 0.3) is 0 Å². The molecule has 2 aromatic carbocycles. The molecule has 0 fully saturated rings. The number of hydrogen-bond acceptors (Lipinski definition) is 1. The van der Waals surface area contributed by atoms with E-state index in [0.29, 0.717) is 0 Å². The molecule has 0 saturated heterocycles. The van der Waals surface area contributed by atoms with Crippen LogP contribution in [0.3, 0.4) is 0 Å². The van der Waals surface area contributed by atoms with Crippen LogP contribution in [0.4, 0.5) is 0 Å². The molecule has 0 spiro atoms. The maximum absolute atomic E-state index is 2.29. The van der Waals surface area contributed by atoms with E-state index in [-0.39, 0.29) is 0 Å². The molecule has 0 aliphatic heterocycles. The number of thiophene rings is 1. The van der Waals surface area contributed by atoms with Gasteiger partial charge in [0.15, 0.2) is 0 Å². The number of aryl methyl sites for hydroxylation is 1. The summed E-state index contributed by atoms with van der Waals surface area (Å²) in [6, 6.07) is 13.2. The molecule has 0 radical (unpaired) electrons. The van der Waals surface area contributed by atoms with Crippen LogP contribution in [0.1, 0.15) is 16.9 Å². The van der Waals surface area contributed by atoms with Crippen molar-refractivity contribution in [3.8, 4) is 0 Å². The SMILES string of the molecule is C1=Cc2sc3ccc4ccccc4c3c2CC1. The van der Waals surface area contributed by atoms with Gasteiger partial charge in [0.2, 0.25) is 0 Å². The van der Waals surface area contributed by atoms with Gasteiger partial charge >= 0.3 is 0 Å². The highest BCUT2D eigenvalue weighted by atomic mass is 32.1. The number of allylic oxidation sites excluding steroid dienone is 1. The molecule has 1 heteroatoms. The van der Waals surface area contributed by atoms with Crippen LogP contribution < -0.4 is 0 Å². The normalized spacial score (nSPS) is 14.4. The van der Waals surface area contributed by atoms with Gasteiger partial charge in [-0.2, -0.15) is 0 Å². The van der Waals surface area contributed by atoms with Gasteiger partial charge in [0.05, 0.1) is 0 Å². The Kier molecular flexibility index (Phi) is 1.91. The Bertz CT molecular complexity index is 747. The Labute approximate surface area is 104 Å². The van der Waals surface area contributed by atoms with Crippen LogP contribution in [0.5, 0.6) is 0 Å². The highest BCUT2D eigenvalue weighted by molar-refractivity contribution is 7.20. The Morgan fingerprint density at radius 2 is 1.94 bits per heavy atom. The monoisotopic (exact) mass is 236 g/mol. The molecule has 3 aromatic rings. The van der Waals surface area contributed by atoms with Gasteiger partial charge in [-0.25, -0.2) is 0 Å². The van der Waals surface area contributed by atoms with Crippen molar-refractivity contribution in [1.82, 2.24) is 0 Å². The summed E-state index contributed by atoms with van der Waals surface area (Å²) >= 11 is 1.93. The van der Waals surface area contributed by atoms with E-state index in [1.807, 2.05) is 11.3 Å². The van der Waals surface area contributed by atoms with Crippen molar-refractivity contribution in [3.05, 3.63) is 52.9 Å². The van der Waals surface area contributed by atoms with Crippen molar-refractivity contribution in [3.63, 3.8) is 0 Å². The lowest BCUT2D eigenvalue weighted by Gasteiger charge is -2.06. The van der Waals surface area contributed by atoms with E-state index in [1.54, 1.807) is 5.56 Å². The topological polar surface area (TPSA) is 0 Å². The minimum absolute atomic E-state index is 1.18. The molecule has 0 amide bonds. The van der Waals surface area contributed by atoms with E-state index in [4.69, 9.17) is 0 Å². The van der Waals surface area contributed by atoms with Gasteiger partial charge in [-0.1, -0.05) is 36.4 Å². The molecule has 1 aromatic heterocycles. The van der Waals surface area contributed by atoms with Crippen molar-refractivity contribution in [2.75, 3.05) is 0 Å². The van der Waals surface area contributed by atoms with E-state index in [2.05, 4.69) is 48.6 Å². The first-order valence-electron chi connectivity index (χ1n) is 6.03. The standard InChI is InChI=1S/C16H12S/c1-2-6-12-11(5-1)9-10-15-16(12)13-7-3-4-8-14(13)17-15/h1-2,4-6,8-10H,3,7H2. The van der Waals surface area contributed by atoms with Crippen molar-refractivity contribution in [2.24, 2.45) is 0 Å². The first-order chi connectivity index (χ1) is 8.43. The summed E-state index contributed by atoms with van der Waals surface area (Å²) in [7, 11) is 0. The summed E-state index contributed by atoms with van der Waals surface area (Å²) < 4.78 is 1.43. The third kappa shape index (κ3) is 1.29. The van der Waals surface area contributed by atoms with Crippen molar-refractivity contribution in [2.45, 2.75) is 12.8 Å². The van der Waals surface area contributed by atoms with E-state index in [1.165, 1.54) is 38.6 Å². The summed E-state index contributed by atoms with van der Waals surface area (Å²) in [5, 5.41) is 4.26. The fourth-order valence-corrected chi connectivity index (χ4v) is 3.95. The van der Waals surface area contributed by atoms with Crippen molar-refractivity contribution >= 4 is 38.3 Å². The molecule has 4 rings (SSSR count). The summed E-state index contributed by atoms with van der Waals surface area (Å²) in [5.74, 6) is 0. The van der Waals surface area contributed by atoms with E-state index in [9.17, 15) is 0 Å². The maximum atomic E-state index is 2.29. The Morgan fingerprint density at radius 1 is 1.00 bits per heavy atom. The predicted octanol–water partition coefficient (Wildman–Crippen LogP) is 5.01. The molecule has 82 valence electrons. The Morgan fingerprint density at radius 3 is 2.94 bits per heavy atom. The summed E-state index contributed by atoms with van der Waals surface area (Å²) in [6.07, 6.45) is 6.96. The minimum Gasteiger partial charge on any atom is -0.136 e. The molecular formula is C16H12S. The average molecular weight is 236 g/mol. The van der Waals surface area contributed by atoms with Gasteiger partial charge in [0, 0.05) is 15.0 Å². The van der Waals surface area contributed by atoms with Crippen LogP contribution in [-0.4, -0.2) is 0 Å². The number of benzene rings is 2. The molecule has 0 bridgehead atoms. The third-order valence-corrected chi connectivity index (χ3v) is 4.70. The van der Waals surface area contributed by atoms with Crippen LogP contribution >= 0.6 is 11.3 Å². The fraction of sp³-hybridized carbons (Fsp3) is 0.125. The van der Waals surface area contributed by atoms with Gasteiger partial charge in [0.1, 0.15) is 0 Å². The zero-order chi connectivity index (χ0) is 11.2. The zero-order valence-electron chi connectivity index (χ0n) is 9.44. The maximum Gasteiger partial charge on any atom is 0.0358 e. The highest BCUT2D eigenvalue weighted by Gasteiger charge is 2.14. The first kappa shape index (κ1) is 9.43. The first-order valence-corrected chi connectivity index (χ1v) is 6.85. The lowest BCUT2D eigenvalue weighted by atomic mass is 9.97. The molecule has 0 saturated carbocycles. The largest absolute Gasteiger partial charge is 0.136 e. The van der Waals surface area contributed by atoms with Gasteiger partial charge < -0.3 is 0 Å². The zero-order valence-corrected chi connectivity index (χ0v) is 10.3. The van der Waals surface area contributed by atoms with Crippen LogP contribution in [-0.2, 0) is 6.42 Å². The molecule has 0 N–H and O–H groups in total. The average Bonchev–Trinajstić information content (AvgIpc) is 2.77. The second-order valence-electron chi connectivity index (χ2n) is 4.55. The number of hydrogen-bond donors (Lipinski definition) is 0. The van der Waals surface area contributed by atoms with Crippen molar-refractivity contribution in [1.29, 1.82) is 0 Å². The number of rotatable bonds is 0. The number of fused-ring (bicyclic) bond motifs is 5. The summed E-state index contributed by atoms with van der Waals surface area (Å²) in [4.78, 5) is 1.46. The molecular weight excluding hydrogens is 224 g/mol. The molecule has 17 heavy (non-hydrogen) atoms. The second-order valence-corrected chi connectivity index (χ2v) is 5.63.